The van der Waals surface area contributed by atoms with E-state index in [1.54, 1.807) is 6.92 Å². The number of esters is 2. The van der Waals surface area contributed by atoms with E-state index in [1.807, 2.05) is 34.6 Å². The second kappa shape index (κ2) is 8.18. The zero-order chi connectivity index (χ0) is 15.1. The van der Waals surface area contributed by atoms with Crippen molar-refractivity contribution in [2.45, 2.75) is 54.4 Å². The van der Waals surface area contributed by atoms with E-state index in [1.165, 1.54) is 0 Å². The lowest BCUT2D eigenvalue weighted by atomic mass is 9.77. The third-order valence-electron chi connectivity index (χ3n) is 2.96. The van der Waals surface area contributed by atoms with Crippen molar-refractivity contribution in [2.75, 3.05) is 13.2 Å². The second-order valence-electron chi connectivity index (χ2n) is 5.75. The molecule has 1 unspecified atom stereocenters. The van der Waals surface area contributed by atoms with Crippen LogP contribution in [-0.2, 0) is 19.1 Å². The van der Waals surface area contributed by atoms with Crippen LogP contribution in [0.2, 0.25) is 0 Å². The van der Waals surface area contributed by atoms with E-state index in [2.05, 4.69) is 0 Å². The average Bonchev–Trinajstić information content (AvgIpc) is 2.32. The summed E-state index contributed by atoms with van der Waals surface area (Å²) < 4.78 is 10.4. The summed E-state index contributed by atoms with van der Waals surface area (Å²) in [4.78, 5) is 24.5. The standard InChI is InChI=1S/C15H28O4/c1-7-15(9-11(3)4,13(16)18-8-2)14(17)19-10-12(5)6/h11-12H,7-10H2,1-6H3. The highest BCUT2D eigenvalue weighted by Crippen LogP contribution is 2.34. The average molecular weight is 272 g/mol. The molecule has 0 rings (SSSR count). The van der Waals surface area contributed by atoms with Crippen LogP contribution in [0.25, 0.3) is 0 Å². The minimum atomic E-state index is -1.15. The summed E-state index contributed by atoms with van der Waals surface area (Å²) in [6.07, 6.45) is 0.861. The van der Waals surface area contributed by atoms with Crippen LogP contribution in [0, 0.1) is 17.3 Å². The molecule has 0 amide bonds. The number of carbonyl (C=O) groups excluding carboxylic acids is 2. The fourth-order valence-electron chi connectivity index (χ4n) is 2.03. The molecule has 0 fully saturated rings. The summed E-state index contributed by atoms with van der Waals surface area (Å²) in [6, 6.07) is 0. The zero-order valence-electron chi connectivity index (χ0n) is 13.1. The summed E-state index contributed by atoms with van der Waals surface area (Å²) in [6.45, 7) is 12.1. The van der Waals surface area contributed by atoms with E-state index >= 15 is 0 Å². The minimum Gasteiger partial charge on any atom is -0.465 e. The van der Waals surface area contributed by atoms with Crippen LogP contribution in [0.1, 0.15) is 54.4 Å². The predicted molar refractivity (Wildman–Crippen MR) is 74.6 cm³/mol. The third kappa shape index (κ3) is 5.21. The molecule has 0 heterocycles. The van der Waals surface area contributed by atoms with Crippen molar-refractivity contribution in [3.63, 3.8) is 0 Å². The van der Waals surface area contributed by atoms with E-state index in [9.17, 15) is 9.59 Å². The molecule has 112 valence electrons. The van der Waals surface area contributed by atoms with E-state index in [0.29, 0.717) is 19.4 Å². The van der Waals surface area contributed by atoms with Crippen molar-refractivity contribution in [3.05, 3.63) is 0 Å². The fraction of sp³-hybridized carbons (Fsp3) is 0.867. The molecule has 4 nitrogen and oxygen atoms in total. The number of carbonyl (C=O) groups is 2. The van der Waals surface area contributed by atoms with Crippen molar-refractivity contribution >= 4 is 11.9 Å². The fourth-order valence-corrected chi connectivity index (χ4v) is 2.03. The van der Waals surface area contributed by atoms with E-state index in [-0.39, 0.29) is 18.4 Å². The number of rotatable bonds is 8. The molecule has 0 saturated carbocycles. The van der Waals surface area contributed by atoms with Crippen LogP contribution in [0.3, 0.4) is 0 Å². The first kappa shape index (κ1) is 17.9. The van der Waals surface area contributed by atoms with Crippen molar-refractivity contribution < 1.29 is 19.1 Å². The monoisotopic (exact) mass is 272 g/mol. The molecule has 0 aromatic heterocycles. The van der Waals surface area contributed by atoms with Crippen molar-refractivity contribution in [2.24, 2.45) is 17.3 Å². The molecular weight excluding hydrogens is 244 g/mol. The molecule has 0 aromatic carbocycles. The second-order valence-corrected chi connectivity index (χ2v) is 5.75. The highest BCUT2D eigenvalue weighted by atomic mass is 16.6. The maximum Gasteiger partial charge on any atom is 0.323 e. The Hall–Kier alpha value is -1.06. The van der Waals surface area contributed by atoms with Gasteiger partial charge in [0, 0.05) is 0 Å². The summed E-state index contributed by atoms with van der Waals surface area (Å²) in [5.74, 6) is -0.438. The third-order valence-corrected chi connectivity index (χ3v) is 2.96. The molecular formula is C15H28O4. The lowest BCUT2D eigenvalue weighted by Crippen LogP contribution is -2.43. The molecule has 0 aromatic rings. The molecule has 1 atom stereocenters. The quantitative estimate of drug-likeness (QED) is 0.503. The van der Waals surface area contributed by atoms with E-state index < -0.39 is 17.4 Å². The van der Waals surface area contributed by atoms with Crippen LogP contribution >= 0.6 is 0 Å². The van der Waals surface area contributed by atoms with Crippen LogP contribution in [0.15, 0.2) is 0 Å². The van der Waals surface area contributed by atoms with Crippen LogP contribution in [0.5, 0.6) is 0 Å². The van der Waals surface area contributed by atoms with Crippen LogP contribution in [0.4, 0.5) is 0 Å². The van der Waals surface area contributed by atoms with Gasteiger partial charge in [-0.2, -0.15) is 0 Å². The Balaban J connectivity index is 5.10. The Morgan fingerprint density at radius 2 is 1.47 bits per heavy atom. The van der Waals surface area contributed by atoms with Crippen molar-refractivity contribution in [3.8, 4) is 0 Å². The zero-order valence-corrected chi connectivity index (χ0v) is 13.1. The Labute approximate surface area is 116 Å². The summed E-state index contributed by atoms with van der Waals surface area (Å²) in [5.41, 5.74) is -1.15. The first-order valence-electron chi connectivity index (χ1n) is 7.14. The lowest BCUT2D eigenvalue weighted by Gasteiger charge is -2.29. The van der Waals surface area contributed by atoms with E-state index in [0.717, 1.165) is 0 Å². The van der Waals surface area contributed by atoms with Gasteiger partial charge in [0.25, 0.3) is 0 Å². The van der Waals surface area contributed by atoms with Gasteiger partial charge in [0.1, 0.15) is 0 Å². The molecule has 0 radical (unpaired) electrons. The largest absolute Gasteiger partial charge is 0.465 e. The number of ether oxygens (including phenoxy) is 2. The normalized spacial score (nSPS) is 14.3. The van der Waals surface area contributed by atoms with Gasteiger partial charge in [-0.25, -0.2) is 0 Å². The van der Waals surface area contributed by atoms with E-state index in [4.69, 9.17) is 9.47 Å². The highest BCUT2D eigenvalue weighted by Gasteiger charge is 2.47. The first-order valence-corrected chi connectivity index (χ1v) is 7.14. The molecule has 0 aliphatic heterocycles. The van der Waals surface area contributed by atoms with Gasteiger partial charge >= 0.3 is 11.9 Å². The van der Waals surface area contributed by atoms with Crippen molar-refractivity contribution in [1.29, 1.82) is 0 Å². The first-order chi connectivity index (χ1) is 8.80. The maximum atomic E-state index is 12.3. The summed E-state index contributed by atoms with van der Waals surface area (Å²) in [5, 5.41) is 0. The van der Waals surface area contributed by atoms with Crippen LogP contribution in [-0.4, -0.2) is 25.2 Å². The highest BCUT2D eigenvalue weighted by molar-refractivity contribution is 6.00. The SMILES string of the molecule is CCOC(=O)C(CC)(CC(C)C)C(=O)OCC(C)C. The molecule has 0 aliphatic rings. The molecule has 4 heteroatoms. The van der Waals surface area contributed by atoms with Gasteiger partial charge in [-0.1, -0.05) is 34.6 Å². The number of hydrogen-bond donors (Lipinski definition) is 0. The topological polar surface area (TPSA) is 52.6 Å². The molecule has 0 saturated heterocycles. The molecule has 0 bridgehead atoms. The minimum absolute atomic E-state index is 0.218. The molecule has 0 N–H and O–H groups in total. The van der Waals surface area contributed by atoms with Gasteiger partial charge < -0.3 is 9.47 Å². The smallest absolute Gasteiger partial charge is 0.323 e. The molecule has 0 spiro atoms. The maximum absolute atomic E-state index is 12.3. The van der Waals surface area contributed by atoms with Crippen molar-refractivity contribution in [1.82, 2.24) is 0 Å². The molecule has 0 aliphatic carbocycles. The van der Waals surface area contributed by atoms with Gasteiger partial charge in [-0.3, -0.25) is 9.59 Å². The van der Waals surface area contributed by atoms with Gasteiger partial charge in [-0.05, 0) is 31.6 Å². The van der Waals surface area contributed by atoms with Gasteiger partial charge in [0.05, 0.1) is 13.2 Å². The predicted octanol–water partition coefficient (Wildman–Crippen LogP) is 3.19. The summed E-state index contributed by atoms with van der Waals surface area (Å²) >= 11 is 0. The number of hydrogen-bond acceptors (Lipinski definition) is 4. The Morgan fingerprint density at radius 1 is 0.947 bits per heavy atom. The Morgan fingerprint density at radius 3 is 1.84 bits per heavy atom. The van der Waals surface area contributed by atoms with Crippen LogP contribution < -0.4 is 0 Å². The summed E-state index contributed by atoms with van der Waals surface area (Å²) in [7, 11) is 0. The molecule has 19 heavy (non-hydrogen) atoms. The Kier molecular flexibility index (Phi) is 7.72. The van der Waals surface area contributed by atoms with Gasteiger partial charge in [-0.15, -0.1) is 0 Å². The van der Waals surface area contributed by atoms with Gasteiger partial charge in [0.15, 0.2) is 5.41 Å². The van der Waals surface area contributed by atoms with Gasteiger partial charge in [0.2, 0.25) is 0 Å². The Bertz CT molecular complexity index is 297. The lowest BCUT2D eigenvalue weighted by molar-refractivity contribution is -0.174.